The Bertz CT molecular complexity index is 2740. The highest BCUT2D eigenvalue weighted by atomic mass is 32.2. The zero-order valence-corrected chi connectivity index (χ0v) is 62.1. The van der Waals surface area contributed by atoms with Gasteiger partial charge in [0, 0.05) is 66.9 Å². The number of aliphatic hydroxyl groups is 19. The molecule has 46 heteroatoms. The van der Waals surface area contributed by atoms with Crippen molar-refractivity contribution in [1.82, 2.24) is 16.0 Å². The van der Waals surface area contributed by atoms with Gasteiger partial charge in [-0.2, -0.15) is 48.8 Å². The van der Waals surface area contributed by atoms with Crippen molar-refractivity contribution in [3.8, 4) is 0 Å². The quantitative estimate of drug-likeness (QED) is 0.0235. The highest BCUT2D eigenvalue weighted by Crippen LogP contribution is 2.40. The standard InChI is InChI=1S/C62H105N3O39S4/c1-23(70)3-7-89-9-10-90-8-4-25(71)13-24(53(86)64-5-11-105)18-107-20-31-50-36(75)42(81)59(96-31)100-48-29(16-68)93-56(40(79)34(48)73)99-47-28(15-67)94-58(41(80)35(47)74)103-51-32(21-108-19-26(63-2)54(87)65-6-12-106)97-60(43(82)37(51)76)101-49-30(17-69)95-61(44(83)38(49)77)104-62(88)22-91-55(45(84)52(62)85)98-46-27(14-66)92-57(102-50)39(78)33(46)72/h24,26-52,55-61,63,66-69,72-85,88,105-106H,3-22H2,1-2H3,(H,64,86)(H,65,87)/t24-,26-,27?,28?,29?,30?,31?,32?,33-,34-,35-,36-,37-,38-,39?,40?,41?,42?,43?,44?,45?,46-,47-,48+,49-,50-,51-,52-,55-,56+,57-,58-,59-,60-,61-,62-/m1/s1. The molecule has 21 fully saturated rings. The molecule has 14 bridgehead atoms. The fourth-order valence-corrected chi connectivity index (χ4v) is 15.6. The van der Waals surface area contributed by atoms with E-state index < -0.39 is 271 Å². The second-order valence-corrected chi connectivity index (χ2v) is 29.9. The predicted molar refractivity (Wildman–Crippen MR) is 365 cm³/mol. The maximum Gasteiger partial charge on any atom is 0.238 e. The van der Waals surface area contributed by atoms with Gasteiger partial charge in [0.2, 0.25) is 17.6 Å². The molecule has 13 unspecified atom stereocenters. The van der Waals surface area contributed by atoms with Crippen LogP contribution in [0.1, 0.15) is 26.2 Å². The number of likely N-dealkylation sites (N-methyl/N-ethyl adjacent to an activating group) is 1. The van der Waals surface area contributed by atoms with E-state index in [9.17, 15) is 116 Å². The molecule has 0 radical (unpaired) electrons. The van der Waals surface area contributed by atoms with Gasteiger partial charge in [-0.1, -0.05) is 0 Å². The lowest BCUT2D eigenvalue weighted by atomic mass is 9.95. The van der Waals surface area contributed by atoms with Crippen LogP contribution in [-0.4, -0.2) is 449 Å². The number of rotatable bonds is 30. The minimum absolute atomic E-state index is 0.0160. The molecular formula is C62H105N3O39S4. The smallest absolute Gasteiger partial charge is 0.238 e. The number of thioether (sulfide) groups is 2. The summed E-state index contributed by atoms with van der Waals surface area (Å²) in [6.45, 7) is -3.55. The van der Waals surface area contributed by atoms with Crippen LogP contribution in [0.15, 0.2) is 0 Å². The van der Waals surface area contributed by atoms with Gasteiger partial charge in [0.15, 0.2) is 44.0 Å². The van der Waals surface area contributed by atoms with E-state index in [2.05, 4.69) is 41.2 Å². The first-order valence-electron chi connectivity index (χ1n) is 35.1. The van der Waals surface area contributed by atoms with E-state index in [0.717, 1.165) is 23.5 Å². The van der Waals surface area contributed by atoms with Crippen LogP contribution in [0.25, 0.3) is 0 Å². The molecule has 0 aliphatic carbocycles. The second kappa shape index (κ2) is 43.4. The van der Waals surface area contributed by atoms with Gasteiger partial charge in [-0.05, 0) is 14.0 Å². The minimum Gasteiger partial charge on any atom is -0.394 e. The van der Waals surface area contributed by atoms with Crippen LogP contribution in [-0.2, 0) is 95.0 Å². The van der Waals surface area contributed by atoms with Gasteiger partial charge < -0.3 is 189 Å². The number of amides is 2. The van der Waals surface area contributed by atoms with Gasteiger partial charge in [-0.15, -0.1) is 0 Å². The summed E-state index contributed by atoms with van der Waals surface area (Å²) in [4.78, 5) is 51.3. The molecule has 21 heterocycles. The Morgan fingerprint density at radius 3 is 1.17 bits per heavy atom. The van der Waals surface area contributed by atoms with Gasteiger partial charge in [-0.3, -0.25) is 19.2 Å². The number of hydrogen-bond acceptors (Lipinski definition) is 44. The number of nitrogens with one attached hydrogen (secondary N) is 3. The van der Waals surface area contributed by atoms with Crippen LogP contribution < -0.4 is 16.0 Å². The molecular weight excluding hydrogens is 1540 g/mol. The molecule has 36 atom stereocenters. The molecule has 21 aliphatic heterocycles. The average molecular weight is 1640 g/mol. The Hall–Kier alpha value is -1.76. The maximum atomic E-state index is 13.6. The van der Waals surface area contributed by atoms with Crippen molar-refractivity contribution < 1.29 is 192 Å². The van der Waals surface area contributed by atoms with Gasteiger partial charge in [0.05, 0.1) is 77.0 Å². The number of carbonyl (C=O) groups excluding carboxylic acids is 4. The molecule has 0 saturated carbocycles. The van der Waals surface area contributed by atoms with Crippen LogP contribution in [0, 0.1) is 5.92 Å². The first-order valence-corrected chi connectivity index (χ1v) is 38.7. The number of carbonyl (C=O) groups is 4. The van der Waals surface area contributed by atoms with Crippen LogP contribution in [0.4, 0.5) is 0 Å². The SMILES string of the molecule is CN[C@H](CSCC1O[C@@H]2O[C@@H]3C(CO)O[C@H](O[C@]4(O)CO[C@H](O[C@@H]5C(CO)O[C@H](O[C@@H]6C(CSC[C@@H](CC(=O)CCOCCOCCC(C)=O)C(=O)NCCS)O[C@H](O[C@H]7C(CO)O[C@@H](O[C@@H]8C(CO)O[C@H](O[C@H]1[C@H](O)C2O)C(O)[C@H]8O)C(O)[C@H]7O)C(O)[C@H]6O)C(O)[C@H]5O)C(O)[C@H]4O)C(O)[C@H]3O)C(=O)NCCS. The van der Waals surface area contributed by atoms with Crippen molar-refractivity contribution in [2.75, 3.05) is 114 Å². The average Bonchev–Trinajstić information content (AvgIpc) is 0.775. The number of hydrogen-bond donors (Lipinski definition) is 24. The summed E-state index contributed by atoms with van der Waals surface area (Å²) >= 11 is 10.2. The lowest BCUT2D eigenvalue weighted by Gasteiger charge is -2.50. The summed E-state index contributed by atoms with van der Waals surface area (Å²) in [6, 6.07) is -0.865. The van der Waals surface area contributed by atoms with Gasteiger partial charge in [-0.25, -0.2) is 0 Å². The highest BCUT2D eigenvalue weighted by molar-refractivity contribution is 7.99. The molecule has 21 aliphatic rings. The fraction of sp³-hybridized carbons (Fsp3) is 0.935. The topological polar surface area (TPSA) is 636 Å². The Balaban J connectivity index is 1.09. The molecule has 0 spiro atoms. The second-order valence-electron chi connectivity index (χ2n) is 26.9. The van der Waals surface area contributed by atoms with Crippen molar-refractivity contribution >= 4 is 72.2 Å². The Kier molecular flexibility index (Phi) is 36.9. The van der Waals surface area contributed by atoms with E-state index in [4.69, 9.17) is 75.8 Å². The molecule has 108 heavy (non-hydrogen) atoms. The van der Waals surface area contributed by atoms with Gasteiger partial charge in [0.25, 0.3) is 0 Å². The number of Topliss-reactive ketones (excluding diaryl/α,β-unsaturated/α-hetero) is 2. The lowest BCUT2D eigenvalue weighted by Crippen LogP contribution is -2.69. The van der Waals surface area contributed by atoms with Crippen LogP contribution in [0.2, 0.25) is 0 Å². The summed E-state index contributed by atoms with van der Waals surface area (Å²) in [5, 5.41) is 227. The van der Waals surface area contributed by atoms with E-state index in [0.29, 0.717) is 5.75 Å². The third-order valence-corrected chi connectivity index (χ3v) is 21.9. The molecule has 21 rings (SSSR count). The van der Waals surface area contributed by atoms with Crippen molar-refractivity contribution in [3.63, 3.8) is 0 Å². The number of ether oxygens (including phenoxy) is 16. The Labute approximate surface area is 638 Å². The summed E-state index contributed by atoms with van der Waals surface area (Å²) in [7, 11) is 1.49. The normalized spacial score (nSPS) is 43.3. The van der Waals surface area contributed by atoms with Crippen LogP contribution in [0.5, 0.6) is 0 Å². The van der Waals surface area contributed by atoms with Crippen molar-refractivity contribution in [1.29, 1.82) is 0 Å². The van der Waals surface area contributed by atoms with E-state index in [1.807, 2.05) is 0 Å². The molecule has 626 valence electrons. The molecule has 22 N–H and O–H groups in total. The molecule has 2 amide bonds. The van der Waals surface area contributed by atoms with E-state index in [-0.39, 0.29) is 93.3 Å². The summed E-state index contributed by atoms with van der Waals surface area (Å²) in [5.41, 5.74) is 0. The lowest BCUT2D eigenvalue weighted by molar-refractivity contribution is -0.432. The third kappa shape index (κ3) is 22.9. The maximum absolute atomic E-state index is 13.6. The number of aliphatic hydroxyl groups excluding tert-OH is 18. The van der Waals surface area contributed by atoms with E-state index in [1.54, 1.807) is 0 Å². The van der Waals surface area contributed by atoms with Crippen molar-refractivity contribution in [3.05, 3.63) is 0 Å². The van der Waals surface area contributed by atoms with E-state index >= 15 is 0 Å². The van der Waals surface area contributed by atoms with Gasteiger partial charge >= 0.3 is 0 Å². The molecule has 0 aromatic rings. The summed E-state index contributed by atoms with van der Waals surface area (Å²) in [5.74, 6) is -6.04. The zero-order chi connectivity index (χ0) is 79.0. The van der Waals surface area contributed by atoms with Gasteiger partial charge in [0.1, 0.15) is 165 Å². The minimum atomic E-state index is -3.13. The van der Waals surface area contributed by atoms with Crippen LogP contribution >= 0.6 is 48.8 Å². The number of thiol groups is 2. The first kappa shape index (κ1) is 91.8. The molecule has 0 aromatic carbocycles. The van der Waals surface area contributed by atoms with Crippen molar-refractivity contribution in [2.24, 2.45) is 5.92 Å². The monoisotopic (exact) mass is 1640 g/mol. The molecule has 42 nitrogen and oxygen atoms in total. The van der Waals surface area contributed by atoms with E-state index in [1.165, 1.54) is 14.0 Å². The third-order valence-electron chi connectivity index (χ3n) is 19.1. The summed E-state index contributed by atoms with van der Waals surface area (Å²) in [6.07, 6.45) is -69.2. The fourth-order valence-electron chi connectivity index (χ4n) is 13.0. The Morgan fingerprint density at radius 2 is 0.787 bits per heavy atom. The predicted octanol–water partition coefficient (Wildman–Crippen LogP) is -13.1. The number of ketones is 2. The zero-order valence-electron chi connectivity index (χ0n) is 58.7. The van der Waals surface area contributed by atoms with Crippen molar-refractivity contribution in [2.45, 2.75) is 241 Å². The highest BCUT2D eigenvalue weighted by Gasteiger charge is 2.61. The molecule has 0 aromatic heterocycles. The first-order chi connectivity index (χ1) is 51.5. The molecule has 21 saturated heterocycles. The largest absolute Gasteiger partial charge is 0.394 e. The van der Waals surface area contributed by atoms with Crippen LogP contribution in [0.3, 0.4) is 0 Å². The Morgan fingerprint density at radius 1 is 0.444 bits per heavy atom. The summed E-state index contributed by atoms with van der Waals surface area (Å²) < 4.78 is 93.6.